The van der Waals surface area contributed by atoms with Crippen LogP contribution in [0.1, 0.15) is 37.6 Å². The average molecular weight is 346 g/mol. The molecule has 2 aromatic rings. The summed E-state index contributed by atoms with van der Waals surface area (Å²) in [5.41, 5.74) is 3.56. The van der Waals surface area contributed by atoms with Gasteiger partial charge >= 0.3 is 0 Å². The maximum absolute atomic E-state index is 12.2. The molecule has 0 saturated carbocycles. The van der Waals surface area contributed by atoms with Crippen molar-refractivity contribution in [3.05, 3.63) is 52.3 Å². The summed E-state index contributed by atoms with van der Waals surface area (Å²) >= 11 is 6.38. The molecule has 128 valence electrons. The second-order valence-electron chi connectivity index (χ2n) is 6.20. The topological polar surface area (TPSA) is 46.9 Å². The van der Waals surface area contributed by atoms with Gasteiger partial charge in [0.25, 0.3) is 0 Å². The van der Waals surface area contributed by atoms with Crippen LogP contribution >= 0.6 is 11.6 Å². The third kappa shape index (κ3) is 4.48. The molecule has 1 aromatic heterocycles. The molecule has 1 N–H and O–H groups in total. The summed E-state index contributed by atoms with van der Waals surface area (Å²) in [7, 11) is 0. The average Bonchev–Trinajstić information content (AvgIpc) is 2.79. The second kappa shape index (κ2) is 8.15. The Labute approximate surface area is 148 Å². The van der Waals surface area contributed by atoms with Crippen LogP contribution in [-0.2, 0) is 17.8 Å². The Kier molecular flexibility index (Phi) is 6.21. The Balaban J connectivity index is 2.13. The number of anilines is 1. The van der Waals surface area contributed by atoms with Crippen LogP contribution < -0.4 is 5.32 Å². The molecule has 0 aliphatic carbocycles. The lowest BCUT2D eigenvalue weighted by atomic mass is 10.1. The summed E-state index contributed by atoms with van der Waals surface area (Å²) in [6.07, 6.45) is 4.10. The smallest absolute Gasteiger partial charge is 0.248 e. The molecule has 0 atom stereocenters. The number of amides is 1. The third-order valence-corrected chi connectivity index (χ3v) is 4.10. The molecule has 0 saturated heterocycles. The minimum Gasteiger partial charge on any atom is -0.322 e. The van der Waals surface area contributed by atoms with Gasteiger partial charge in [0.2, 0.25) is 5.91 Å². The Bertz CT molecular complexity index is 747. The number of halogens is 1. The summed E-state index contributed by atoms with van der Waals surface area (Å²) in [4.78, 5) is 12.2. The zero-order chi connectivity index (χ0) is 17.7. The quantitative estimate of drug-likeness (QED) is 0.770. The van der Waals surface area contributed by atoms with Gasteiger partial charge in [-0.3, -0.25) is 9.48 Å². The largest absolute Gasteiger partial charge is 0.322 e. The summed E-state index contributed by atoms with van der Waals surface area (Å²) in [5.74, 6) is 0.274. The molecular formula is C19H24ClN3O. The van der Waals surface area contributed by atoms with Crippen LogP contribution in [0.3, 0.4) is 0 Å². The molecule has 0 unspecified atom stereocenters. The summed E-state index contributed by atoms with van der Waals surface area (Å²) in [5, 5.41) is 7.92. The van der Waals surface area contributed by atoms with E-state index in [9.17, 15) is 4.79 Å². The molecule has 5 heteroatoms. The van der Waals surface area contributed by atoms with E-state index in [-0.39, 0.29) is 5.91 Å². The number of aromatic nitrogens is 2. The van der Waals surface area contributed by atoms with Crippen molar-refractivity contribution in [2.75, 3.05) is 5.32 Å². The van der Waals surface area contributed by atoms with E-state index in [0.717, 1.165) is 35.5 Å². The van der Waals surface area contributed by atoms with E-state index in [4.69, 9.17) is 11.6 Å². The Morgan fingerprint density at radius 3 is 2.75 bits per heavy atom. The number of carbonyl (C=O) groups is 1. The van der Waals surface area contributed by atoms with Crippen LogP contribution in [0.5, 0.6) is 0 Å². The number of carbonyl (C=O) groups excluding carboxylic acids is 1. The van der Waals surface area contributed by atoms with Crippen LogP contribution in [0.2, 0.25) is 5.15 Å². The van der Waals surface area contributed by atoms with Gasteiger partial charge in [0.15, 0.2) is 0 Å². The Morgan fingerprint density at radius 2 is 2.08 bits per heavy atom. The van der Waals surface area contributed by atoms with Crippen LogP contribution in [0.4, 0.5) is 5.69 Å². The molecule has 0 aliphatic heterocycles. The molecule has 4 nitrogen and oxygen atoms in total. The highest BCUT2D eigenvalue weighted by Crippen LogP contribution is 2.22. The molecule has 1 heterocycles. The number of hydrogen-bond donors (Lipinski definition) is 1. The van der Waals surface area contributed by atoms with Gasteiger partial charge in [0, 0.05) is 23.9 Å². The van der Waals surface area contributed by atoms with Gasteiger partial charge in [-0.25, -0.2) is 0 Å². The Hall–Kier alpha value is -2.07. The monoisotopic (exact) mass is 345 g/mol. The van der Waals surface area contributed by atoms with Crippen molar-refractivity contribution < 1.29 is 4.79 Å². The van der Waals surface area contributed by atoms with Gasteiger partial charge in [-0.1, -0.05) is 50.6 Å². The van der Waals surface area contributed by atoms with Crippen LogP contribution in [0, 0.1) is 12.8 Å². The SMILES string of the molecule is CCc1ccccc1NC(=O)/C=C/c1c(C)nn(CC(C)C)c1Cl. The molecule has 24 heavy (non-hydrogen) atoms. The van der Waals surface area contributed by atoms with Gasteiger partial charge in [0.1, 0.15) is 5.15 Å². The van der Waals surface area contributed by atoms with E-state index >= 15 is 0 Å². The van der Waals surface area contributed by atoms with Gasteiger partial charge in [-0.15, -0.1) is 0 Å². The van der Waals surface area contributed by atoms with Crippen LogP contribution in [-0.4, -0.2) is 15.7 Å². The van der Waals surface area contributed by atoms with E-state index in [1.165, 1.54) is 6.08 Å². The predicted molar refractivity (Wildman–Crippen MR) is 100 cm³/mol. The molecular weight excluding hydrogens is 322 g/mol. The van der Waals surface area contributed by atoms with Crippen molar-refractivity contribution in [3.8, 4) is 0 Å². The fourth-order valence-electron chi connectivity index (χ4n) is 2.51. The number of aryl methyl sites for hydroxylation is 2. The highest BCUT2D eigenvalue weighted by molar-refractivity contribution is 6.31. The van der Waals surface area contributed by atoms with Crippen molar-refractivity contribution in [2.45, 2.75) is 40.7 Å². The van der Waals surface area contributed by atoms with Gasteiger partial charge in [0.05, 0.1) is 5.69 Å². The molecule has 1 aromatic carbocycles. The lowest BCUT2D eigenvalue weighted by Gasteiger charge is -2.07. The predicted octanol–water partition coefficient (Wildman–Crippen LogP) is 4.72. The van der Waals surface area contributed by atoms with Crippen molar-refractivity contribution in [2.24, 2.45) is 5.92 Å². The van der Waals surface area contributed by atoms with Crippen molar-refractivity contribution in [1.29, 1.82) is 0 Å². The first kappa shape index (κ1) is 18.3. The van der Waals surface area contributed by atoms with E-state index in [2.05, 4.69) is 31.2 Å². The lowest BCUT2D eigenvalue weighted by Crippen LogP contribution is -2.09. The number of nitrogens with zero attached hydrogens (tertiary/aromatic N) is 2. The normalized spacial score (nSPS) is 11.4. The highest BCUT2D eigenvalue weighted by atomic mass is 35.5. The lowest BCUT2D eigenvalue weighted by molar-refractivity contribution is -0.111. The molecule has 0 bridgehead atoms. The van der Waals surface area contributed by atoms with E-state index in [0.29, 0.717) is 11.1 Å². The third-order valence-electron chi connectivity index (χ3n) is 3.70. The summed E-state index contributed by atoms with van der Waals surface area (Å²) in [6.45, 7) is 8.94. The van der Waals surface area contributed by atoms with Crippen LogP contribution in [0.15, 0.2) is 30.3 Å². The summed E-state index contributed by atoms with van der Waals surface area (Å²) < 4.78 is 1.78. The van der Waals surface area contributed by atoms with E-state index in [1.807, 2.05) is 31.2 Å². The van der Waals surface area contributed by atoms with Crippen molar-refractivity contribution in [3.63, 3.8) is 0 Å². The molecule has 1 amide bonds. The zero-order valence-electron chi connectivity index (χ0n) is 14.6. The number of para-hydroxylation sites is 1. The minimum atomic E-state index is -0.178. The highest BCUT2D eigenvalue weighted by Gasteiger charge is 2.12. The molecule has 0 spiro atoms. The van der Waals surface area contributed by atoms with E-state index in [1.54, 1.807) is 10.8 Å². The number of nitrogens with one attached hydrogen (secondary N) is 1. The van der Waals surface area contributed by atoms with Crippen molar-refractivity contribution in [1.82, 2.24) is 9.78 Å². The number of rotatable bonds is 6. The number of hydrogen-bond acceptors (Lipinski definition) is 2. The zero-order valence-corrected chi connectivity index (χ0v) is 15.4. The second-order valence-corrected chi connectivity index (χ2v) is 6.56. The molecule has 0 aliphatic rings. The van der Waals surface area contributed by atoms with Crippen LogP contribution in [0.25, 0.3) is 6.08 Å². The molecule has 2 rings (SSSR count). The maximum atomic E-state index is 12.2. The fraction of sp³-hybridized carbons (Fsp3) is 0.368. The Morgan fingerprint density at radius 1 is 1.38 bits per heavy atom. The molecule has 0 radical (unpaired) electrons. The molecule has 0 fully saturated rings. The standard InChI is InChI=1S/C19H24ClN3O/c1-5-15-8-6-7-9-17(15)21-18(24)11-10-16-14(4)22-23(19(16)20)12-13(2)3/h6-11,13H,5,12H2,1-4H3,(H,21,24)/b11-10+. The fourth-order valence-corrected chi connectivity index (χ4v) is 2.81. The first-order valence-electron chi connectivity index (χ1n) is 8.22. The van der Waals surface area contributed by atoms with E-state index < -0.39 is 0 Å². The van der Waals surface area contributed by atoms with Gasteiger partial charge < -0.3 is 5.32 Å². The van der Waals surface area contributed by atoms with Crippen molar-refractivity contribution >= 4 is 29.3 Å². The maximum Gasteiger partial charge on any atom is 0.248 e. The number of benzene rings is 1. The minimum absolute atomic E-state index is 0.178. The summed E-state index contributed by atoms with van der Waals surface area (Å²) in [6, 6.07) is 7.80. The van der Waals surface area contributed by atoms with Gasteiger partial charge in [-0.05, 0) is 37.0 Å². The first-order valence-corrected chi connectivity index (χ1v) is 8.60. The first-order chi connectivity index (χ1) is 11.4. The van der Waals surface area contributed by atoms with Gasteiger partial charge in [-0.2, -0.15) is 5.10 Å².